The topological polar surface area (TPSA) is 67.9 Å². The minimum atomic E-state index is -3.34. The predicted octanol–water partition coefficient (Wildman–Crippen LogP) is 1.62. The number of anilines is 1. The fourth-order valence-electron chi connectivity index (χ4n) is 2.79. The minimum Gasteiger partial charge on any atom is -0.497 e. The van der Waals surface area contributed by atoms with E-state index < -0.39 is 10.0 Å². The molecule has 23 heavy (non-hydrogen) atoms. The summed E-state index contributed by atoms with van der Waals surface area (Å²) in [6.07, 6.45) is 1.48. The molecule has 1 aromatic rings. The van der Waals surface area contributed by atoms with Crippen LogP contribution in [0.2, 0.25) is 0 Å². The summed E-state index contributed by atoms with van der Waals surface area (Å²) in [5, 5.41) is 0. The zero-order valence-electron chi connectivity index (χ0n) is 14.0. The van der Waals surface area contributed by atoms with Crippen molar-refractivity contribution in [1.29, 1.82) is 0 Å². The lowest BCUT2D eigenvalue weighted by atomic mass is 10.1. The van der Waals surface area contributed by atoms with E-state index in [1.54, 1.807) is 14.0 Å². The predicted molar refractivity (Wildman–Crippen MR) is 91.6 cm³/mol. The minimum absolute atomic E-state index is 0.0147. The van der Waals surface area contributed by atoms with Crippen LogP contribution in [0.3, 0.4) is 0 Å². The molecular formula is C16H26N2O4S. The van der Waals surface area contributed by atoms with Crippen LogP contribution < -0.4 is 14.4 Å². The van der Waals surface area contributed by atoms with Gasteiger partial charge in [-0.05, 0) is 31.9 Å². The third-order valence-corrected chi connectivity index (χ3v) is 5.64. The van der Waals surface area contributed by atoms with Gasteiger partial charge in [0.1, 0.15) is 5.75 Å². The molecule has 0 spiro atoms. The molecule has 0 saturated carbocycles. The third kappa shape index (κ3) is 5.37. The van der Waals surface area contributed by atoms with Crippen molar-refractivity contribution in [3.63, 3.8) is 0 Å². The first kappa shape index (κ1) is 18.0. The number of hydrogen-bond donors (Lipinski definition) is 1. The normalized spacial score (nSPS) is 20.3. The van der Waals surface area contributed by atoms with E-state index in [2.05, 4.69) is 9.62 Å². The Balaban J connectivity index is 2.00. The van der Waals surface area contributed by atoms with Crippen LogP contribution >= 0.6 is 0 Å². The van der Waals surface area contributed by atoms with Gasteiger partial charge >= 0.3 is 0 Å². The lowest BCUT2D eigenvalue weighted by Gasteiger charge is -2.34. The van der Waals surface area contributed by atoms with Gasteiger partial charge in [-0.3, -0.25) is 0 Å². The highest BCUT2D eigenvalue weighted by atomic mass is 32.2. The largest absolute Gasteiger partial charge is 0.497 e. The molecule has 0 aromatic heterocycles. The number of benzene rings is 1. The second kappa shape index (κ2) is 7.99. The van der Waals surface area contributed by atoms with Gasteiger partial charge in [0.25, 0.3) is 0 Å². The van der Waals surface area contributed by atoms with Crippen LogP contribution in [-0.2, 0) is 14.8 Å². The Hall–Kier alpha value is -1.31. The zero-order valence-corrected chi connectivity index (χ0v) is 14.8. The first-order valence-electron chi connectivity index (χ1n) is 7.85. The van der Waals surface area contributed by atoms with Gasteiger partial charge in [-0.1, -0.05) is 6.07 Å². The number of rotatable bonds is 7. The van der Waals surface area contributed by atoms with Crippen LogP contribution in [0, 0.1) is 0 Å². The molecule has 7 heteroatoms. The van der Waals surface area contributed by atoms with Crippen LogP contribution in [0.25, 0.3) is 0 Å². The van der Waals surface area contributed by atoms with Gasteiger partial charge in [-0.15, -0.1) is 0 Å². The smallest absolute Gasteiger partial charge is 0.214 e. The van der Waals surface area contributed by atoms with Gasteiger partial charge in [0.2, 0.25) is 10.0 Å². The summed E-state index contributed by atoms with van der Waals surface area (Å²) >= 11 is 0. The number of ether oxygens (including phenoxy) is 2. The molecule has 1 fully saturated rings. The van der Waals surface area contributed by atoms with Gasteiger partial charge in [-0.2, -0.15) is 0 Å². The maximum atomic E-state index is 12.2. The van der Waals surface area contributed by atoms with Crippen LogP contribution in [0.4, 0.5) is 5.69 Å². The van der Waals surface area contributed by atoms with Crippen molar-refractivity contribution in [2.24, 2.45) is 0 Å². The molecule has 1 aliphatic rings. The van der Waals surface area contributed by atoms with Crippen molar-refractivity contribution in [3.05, 3.63) is 24.3 Å². The van der Waals surface area contributed by atoms with E-state index in [0.717, 1.165) is 30.8 Å². The van der Waals surface area contributed by atoms with Crippen molar-refractivity contribution < 1.29 is 17.9 Å². The number of nitrogens with one attached hydrogen (secondary N) is 1. The molecule has 0 bridgehead atoms. The molecule has 2 rings (SSSR count). The lowest BCUT2D eigenvalue weighted by molar-refractivity contribution is 0.136. The number of sulfonamides is 1. The zero-order chi connectivity index (χ0) is 16.9. The van der Waals surface area contributed by atoms with E-state index in [1.165, 1.54) is 7.11 Å². The Morgan fingerprint density at radius 3 is 2.87 bits per heavy atom. The molecule has 2 atom stereocenters. The molecular weight excluding hydrogens is 316 g/mol. The standard InChI is InChI=1S/C16H26N2O4S/c1-13(21-2)12-23(19,20)17-14-6-5-9-18(11-14)15-7-4-8-16(10-15)22-3/h4,7-8,10,13-14,17H,5-6,9,11-12H2,1-3H3. The van der Waals surface area contributed by atoms with E-state index in [9.17, 15) is 8.42 Å². The summed E-state index contributed by atoms with van der Waals surface area (Å²) < 4.78 is 37.5. The SMILES string of the molecule is COc1cccc(N2CCCC(NS(=O)(=O)CC(C)OC)C2)c1. The average molecular weight is 342 g/mol. The van der Waals surface area contributed by atoms with E-state index in [-0.39, 0.29) is 17.9 Å². The molecule has 1 heterocycles. The maximum absolute atomic E-state index is 12.2. The summed E-state index contributed by atoms with van der Waals surface area (Å²) in [7, 11) is -0.176. The van der Waals surface area contributed by atoms with Gasteiger partial charge in [-0.25, -0.2) is 13.1 Å². The molecule has 130 valence electrons. The van der Waals surface area contributed by atoms with Crippen molar-refractivity contribution in [3.8, 4) is 5.75 Å². The molecule has 2 unspecified atom stereocenters. The van der Waals surface area contributed by atoms with E-state index in [4.69, 9.17) is 9.47 Å². The Morgan fingerprint density at radius 2 is 2.17 bits per heavy atom. The molecule has 1 aromatic carbocycles. The first-order chi connectivity index (χ1) is 10.9. The van der Waals surface area contributed by atoms with Crippen molar-refractivity contribution in [1.82, 2.24) is 4.72 Å². The lowest BCUT2D eigenvalue weighted by Crippen LogP contribution is -2.49. The summed E-state index contributed by atoms with van der Waals surface area (Å²) in [6.45, 7) is 3.33. The molecule has 1 saturated heterocycles. The maximum Gasteiger partial charge on any atom is 0.214 e. The van der Waals surface area contributed by atoms with Gasteiger partial charge in [0.15, 0.2) is 0 Å². The van der Waals surface area contributed by atoms with Crippen LogP contribution in [0.5, 0.6) is 5.75 Å². The van der Waals surface area contributed by atoms with E-state index >= 15 is 0 Å². The van der Waals surface area contributed by atoms with E-state index in [0.29, 0.717) is 6.54 Å². The average Bonchev–Trinajstić information content (AvgIpc) is 2.54. The summed E-state index contributed by atoms with van der Waals surface area (Å²) in [6, 6.07) is 7.77. The third-order valence-electron chi connectivity index (χ3n) is 4.04. The highest BCUT2D eigenvalue weighted by Crippen LogP contribution is 2.24. The van der Waals surface area contributed by atoms with Gasteiger partial charge < -0.3 is 14.4 Å². The fraction of sp³-hybridized carbons (Fsp3) is 0.625. The first-order valence-corrected chi connectivity index (χ1v) is 9.50. The second-order valence-electron chi connectivity index (χ2n) is 5.93. The number of piperidine rings is 1. The molecule has 0 radical (unpaired) electrons. The quantitative estimate of drug-likeness (QED) is 0.815. The highest BCUT2D eigenvalue weighted by molar-refractivity contribution is 7.89. The second-order valence-corrected chi connectivity index (χ2v) is 7.73. The monoisotopic (exact) mass is 342 g/mol. The van der Waals surface area contributed by atoms with Gasteiger partial charge in [0, 0.05) is 38.0 Å². The van der Waals surface area contributed by atoms with Crippen LogP contribution in [-0.4, -0.2) is 53.6 Å². The molecule has 6 nitrogen and oxygen atoms in total. The Bertz CT molecular complexity index is 606. The van der Waals surface area contributed by atoms with Crippen molar-refractivity contribution in [2.45, 2.75) is 31.9 Å². The molecule has 0 aliphatic carbocycles. The fourth-order valence-corrected chi connectivity index (χ4v) is 4.34. The Kier molecular flexibility index (Phi) is 6.26. The Labute approximate surface area is 138 Å². The van der Waals surface area contributed by atoms with Gasteiger partial charge in [0.05, 0.1) is 19.0 Å². The van der Waals surface area contributed by atoms with E-state index in [1.807, 2.05) is 24.3 Å². The number of nitrogens with zero attached hydrogens (tertiary/aromatic N) is 1. The van der Waals surface area contributed by atoms with Crippen LogP contribution in [0.1, 0.15) is 19.8 Å². The Morgan fingerprint density at radius 1 is 1.39 bits per heavy atom. The highest BCUT2D eigenvalue weighted by Gasteiger charge is 2.25. The number of hydrogen-bond acceptors (Lipinski definition) is 5. The summed E-state index contributed by atoms with van der Waals surface area (Å²) in [4.78, 5) is 2.19. The summed E-state index contributed by atoms with van der Waals surface area (Å²) in [5.74, 6) is 0.790. The number of methoxy groups -OCH3 is 2. The molecule has 0 amide bonds. The summed E-state index contributed by atoms with van der Waals surface area (Å²) in [5.41, 5.74) is 1.05. The van der Waals surface area contributed by atoms with Crippen molar-refractivity contribution in [2.75, 3.05) is 38.0 Å². The molecule has 1 N–H and O–H groups in total. The van der Waals surface area contributed by atoms with Crippen LogP contribution in [0.15, 0.2) is 24.3 Å². The molecule has 1 aliphatic heterocycles. The van der Waals surface area contributed by atoms with Crippen molar-refractivity contribution >= 4 is 15.7 Å².